The van der Waals surface area contributed by atoms with E-state index in [-0.39, 0.29) is 29.9 Å². The molecule has 1 aliphatic rings. The van der Waals surface area contributed by atoms with Crippen molar-refractivity contribution in [2.24, 2.45) is 0 Å². The zero-order chi connectivity index (χ0) is 16.0. The fourth-order valence-corrected chi connectivity index (χ4v) is 4.46. The van der Waals surface area contributed by atoms with Gasteiger partial charge in [0, 0.05) is 12.6 Å². The number of amides is 1. The molecule has 1 aromatic rings. The Hall–Kier alpha value is -1.40. The molecule has 2 rings (SSSR count). The molecule has 0 N–H and O–H groups in total. The van der Waals surface area contributed by atoms with Gasteiger partial charge in [0.15, 0.2) is 9.84 Å². The van der Waals surface area contributed by atoms with Gasteiger partial charge in [-0.2, -0.15) is 0 Å². The highest BCUT2D eigenvalue weighted by molar-refractivity contribution is 7.91. The normalized spacial score (nSPS) is 20.0. The minimum absolute atomic E-state index is 0.0299. The molecule has 1 atom stereocenters. The molecule has 1 saturated heterocycles. The lowest BCUT2D eigenvalue weighted by atomic mass is 10.2. The van der Waals surface area contributed by atoms with Crippen molar-refractivity contribution in [1.29, 1.82) is 0 Å². The van der Waals surface area contributed by atoms with Crippen LogP contribution in [0.1, 0.15) is 25.3 Å². The van der Waals surface area contributed by atoms with Crippen LogP contribution in [0, 0.1) is 0 Å². The number of carbonyl (C=O) groups is 1. The van der Waals surface area contributed by atoms with Crippen LogP contribution in [0.2, 0.25) is 0 Å². The summed E-state index contributed by atoms with van der Waals surface area (Å²) in [6.07, 6.45) is 0.837. The van der Waals surface area contributed by atoms with Crippen LogP contribution in [0.25, 0.3) is 0 Å². The van der Waals surface area contributed by atoms with Crippen molar-refractivity contribution >= 4 is 15.7 Å². The molecule has 0 spiro atoms. The second kappa shape index (κ2) is 7.74. The molecule has 5 nitrogen and oxygen atoms in total. The molecule has 0 radical (unpaired) electrons. The highest BCUT2D eigenvalue weighted by Crippen LogP contribution is 2.18. The van der Waals surface area contributed by atoms with Gasteiger partial charge < -0.3 is 9.64 Å². The molecule has 1 fully saturated rings. The molecule has 1 unspecified atom stereocenters. The Morgan fingerprint density at radius 2 is 2.05 bits per heavy atom. The quantitative estimate of drug-likeness (QED) is 0.715. The highest BCUT2D eigenvalue weighted by Gasteiger charge is 2.33. The molecule has 1 aromatic carbocycles. The Kier molecular flexibility index (Phi) is 5.97. The van der Waals surface area contributed by atoms with E-state index in [0.717, 1.165) is 5.56 Å². The van der Waals surface area contributed by atoms with Crippen LogP contribution in [0.15, 0.2) is 30.3 Å². The minimum atomic E-state index is -2.97. The van der Waals surface area contributed by atoms with Gasteiger partial charge in [-0.3, -0.25) is 4.79 Å². The Morgan fingerprint density at radius 1 is 1.32 bits per heavy atom. The summed E-state index contributed by atoms with van der Waals surface area (Å²) in [5.74, 6) is 0.251. The first kappa shape index (κ1) is 17.0. The third kappa shape index (κ3) is 4.81. The van der Waals surface area contributed by atoms with Gasteiger partial charge in [-0.05, 0) is 18.9 Å². The number of rotatable bonds is 7. The largest absolute Gasteiger partial charge is 0.376 e. The smallest absolute Gasteiger partial charge is 0.225 e. The lowest BCUT2D eigenvalue weighted by molar-refractivity contribution is -0.134. The van der Waals surface area contributed by atoms with Gasteiger partial charge in [0.1, 0.15) is 0 Å². The van der Waals surface area contributed by atoms with Gasteiger partial charge in [-0.15, -0.1) is 0 Å². The first-order valence-electron chi connectivity index (χ1n) is 7.63. The maximum Gasteiger partial charge on any atom is 0.225 e. The van der Waals surface area contributed by atoms with Crippen molar-refractivity contribution < 1.29 is 17.9 Å². The van der Waals surface area contributed by atoms with Gasteiger partial charge in [0.2, 0.25) is 5.91 Å². The summed E-state index contributed by atoms with van der Waals surface area (Å²) >= 11 is 0. The molecule has 1 amide bonds. The zero-order valence-electron chi connectivity index (χ0n) is 12.9. The average Bonchev–Trinajstić information content (AvgIpc) is 2.85. The van der Waals surface area contributed by atoms with Crippen molar-refractivity contribution in [2.45, 2.75) is 32.4 Å². The zero-order valence-corrected chi connectivity index (χ0v) is 13.7. The van der Waals surface area contributed by atoms with E-state index in [0.29, 0.717) is 26.2 Å². The Morgan fingerprint density at radius 3 is 2.64 bits per heavy atom. The van der Waals surface area contributed by atoms with E-state index in [1.54, 1.807) is 4.90 Å². The van der Waals surface area contributed by atoms with Gasteiger partial charge in [0.25, 0.3) is 0 Å². The van der Waals surface area contributed by atoms with E-state index in [1.807, 2.05) is 37.3 Å². The van der Waals surface area contributed by atoms with Gasteiger partial charge in [-0.25, -0.2) is 8.42 Å². The van der Waals surface area contributed by atoms with E-state index in [9.17, 15) is 13.2 Å². The second-order valence-electron chi connectivity index (χ2n) is 5.52. The molecule has 6 heteroatoms. The molecule has 22 heavy (non-hydrogen) atoms. The number of benzene rings is 1. The van der Waals surface area contributed by atoms with Crippen molar-refractivity contribution in [2.75, 3.05) is 24.7 Å². The number of hydrogen-bond donors (Lipinski definition) is 0. The molecule has 122 valence electrons. The monoisotopic (exact) mass is 325 g/mol. The number of hydrogen-bond acceptors (Lipinski definition) is 4. The average molecular weight is 325 g/mol. The Balaban J connectivity index is 1.75. The van der Waals surface area contributed by atoms with Crippen LogP contribution in [-0.4, -0.2) is 49.9 Å². The Bertz CT molecular complexity index is 585. The van der Waals surface area contributed by atoms with Gasteiger partial charge in [-0.1, -0.05) is 30.3 Å². The number of sulfone groups is 1. The van der Waals surface area contributed by atoms with Crippen LogP contribution in [0.3, 0.4) is 0 Å². The van der Waals surface area contributed by atoms with Crippen molar-refractivity contribution in [3.8, 4) is 0 Å². The van der Waals surface area contributed by atoms with Crippen LogP contribution < -0.4 is 0 Å². The van der Waals surface area contributed by atoms with Crippen LogP contribution in [-0.2, 0) is 26.0 Å². The maximum atomic E-state index is 12.2. The van der Waals surface area contributed by atoms with E-state index >= 15 is 0 Å². The molecule has 0 saturated carbocycles. The van der Waals surface area contributed by atoms with Gasteiger partial charge >= 0.3 is 0 Å². The summed E-state index contributed by atoms with van der Waals surface area (Å²) in [7, 11) is -2.97. The SMILES string of the molecule is CCN(C(=O)CCOCc1ccccc1)C1CCS(=O)(=O)C1. The molecule has 1 aliphatic heterocycles. The first-order chi connectivity index (χ1) is 10.5. The topological polar surface area (TPSA) is 63.7 Å². The molecule has 0 aromatic heterocycles. The van der Waals surface area contributed by atoms with Crippen molar-refractivity contribution in [1.82, 2.24) is 4.90 Å². The summed E-state index contributed by atoms with van der Waals surface area (Å²) in [4.78, 5) is 13.9. The van der Waals surface area contributed by atoms with Crippen LogP contribution in [0.5, 0.6) is 0 Å². The van der Waals surface area contributed by atoms with Crippen LogP contribution in [0.4, 0.5) is 0 Å². The Labute approximate surface area is 132 Å². The number of nitrogens with zero attached hydrogens (tertiary/aromatic N) is 1. The highest BCUT2D eigenvalue weighted by atomic mass is 32.2. The fourth-order valence-electron chi connectivity index (χ4n) is 2.73. The molecule has 0 aliphatic carbocycles. The number of carbonyl (C=O) groups excluding carboxylic acids is 1. The molecular weight excluding hydrogens is 302 g/mol. The van der Waals surface area contributed by atoms with Crippen LogP contribution >= 0.6 is 0 Å². The minimum Gasteiger partial charge on any atom is -0.376 e. The van der Waals surface area contributed by atoms with E-state index in [1.165, 1.54) is 0 Å². The summed E-state index contributed by atoms with van der Waals surface area (Å²) in [6.45, 7) is 3.26. The maximum absolute atomic E-state index is 12.2. The lowest BCUT2D eigenvalue weighted by Crippen LogP contribution is -2.41. The molecule has 1 heterocycles. The summed E-state index contributed by atoms with van der Waals surface area (Å²) in [5.41, 5.74) is 1.07. The predicted octanol–water partition coefficient (Wildman–Crippen LogP) is 1.63. The summed E-state index contributed by atoms with van der Waals surface area (Å²) in [6, 6.07) is 9.62. The van der Waals surface area contributed by atoms with Crippen molar-refractivity contribution in [3.63, 3.8) is 0 Å². The van der Waals surface area contributed by atoms with Crippen molar-refractivity contribution in [3.05, 3.63) is 35.9 Å². The van der Waals surface area contributed by atoms with Gasteiger partial charge in [0.05, 0.1) is 31.1 Å². The standard InChI is InChI=1S/C16H23NO4S/c1-2-17(15-9-11-22(19,20)13-15)16(18)8-10-21-12-14-6-4-3-5-7-14/h3-7,15H,2,8-13H2,1H3. The number of ether oxygens (including phenoxy) is 1. The lowest BCUT2D eigenvalue weighted by Gasteiger charge is -2.26. The summed E-state index contributed by atoms with van der Waals surface area (Å²) in [5, 5.41) is 0. The fraction of sp³-hybridized carbons (Fsp3) is 0.562. The predicted molar refractivity (Wildman–Crippen MR) is 85.2 cm³/mol. The van der Waals surface area contributed by atoms with E-state index < -0.39 is 9.84 Å². The van der Waals surface area contributed by atoms with E-state index in [4.69, 9.17) is 4.74 Å². The first-order valence-corrected chi connectivity index (χ1v) is 9.45. The summed E-state index contributed by atoms with van der Waals surface area (Å²) < 4.78 is 28.6. The molecular formula is C16H23NO4S. The third-order valence-corrected chi connectivity index (χ3v) is 5.63. The second-order valence-corrected chi connectivity index (χ2v) is 7.75. The van der Waals surface area contributed by atoms with E-state index in [2.05, 4.69) is 0 Å². The third-order valence-electron chi connectivity index (χ3n) is 3.88. The molecule has 0 bridgehead atoms.